The number of carbonyl (C=O) groups excluding carboxylic acids is 1. The van der Waals surface area contributed by atoms with Crippen molar-refractivity contribution in [1.29, 1.82) is 0 Å². The molecule has 1 aromatic rings. The van der Waals surface area contributed by atoms with Crippen LogP contribution in [0.2, 0.25) is 0 Å². The zero-order valence-corrected chi connectivity index (χ0v) is 11.0. The number of furan rings is 1. The molecule has 0 bridgehead atoms. The summed E-state index contributed by atoms with van der Waals surface area (Å²) in [6, 6.07) is 1.90. The molecule has 0 radical (unpaired) electrons. The number of hydrogen-bond donors (Lipinski definition) is 1. The molecule has 1 saturated heterocycles. The van der Waals surface area contributed by atoms with Crippen LogP contribution >= 0.6 is 0 Å². The molecule has 0 aliphatic carbocycles. The Bertz CT molecular complexity index is 356. The van der Waals surface area contributed by atoms with Gasteiger partial charge in [0.2, 0.25) is 5.91 Å². The topological polar surface area (TPSA) is 45.5 Å². The maximum Gasteiger partial charge on any atom is 0.222 e. The second-order valence-electron chi connectivity index (χ2n) is 5.13. The quantitative estimate of drug-likeness (QED) is 0.869. The molecule has 0 saturated carbocycles. The third-order valence-electron chi connectivity index (χ3n) is 3.59. The van der Waals surface area contributed by atoms with Crippen molar-refractivity contribution in [2.75, 3.05) is 20.1 Å². The molecule has 0 aromatic carbocycles. The van der Waals surface area contributed by atoms with Crippen LogP contribution in [0.1, 0.15) is 31.2 Å². The molecule has 1 atom stereocenters. The van der Waals surface area contributed by atoms with Gasteiger partial charge in [-0.3, -0.25) is 4.79 Å². The van der Waals surface area contributed by atoms with Crippen molar-refractivity contribution in [2.45, 2.75) is 32.2 Å². The third-order valence-corrected chi connectivity index (χ3v) is 3.59. The average molecular weight is 250 g/mol. The van der Waals surface area contributed by atoms with Crippen molar-refractivity contribution in [3.63, 3.8) is 0 Å². The van der Waals surface area contributed by atoms with Crippen molar-refractivity contribution in [3.05, 3.63) is 24.2 Å². The van der Waals surface area contributed by atoms with Gasteiger partial charge in [0.05, 0.1) is 12.5 Å². The Kier molecular flexibility index (Phi) is 4.81. The number of amides is 1. The summed E-state index contributed by atoms with van der Waals surface area (Å²) in [5, 5.41) is 3.39. The number of nitrogens with one attached hydrogen (secondary N) is 1. The molecular weight excluding hydrogens is 228 g/mol. The Morgan fingerprint density at radius 1 is 1.61 bits per heavy atom. The highest BCUT2D eigenvalue weighted by molar-refractivity contribution is 5.75. The molecule has 1 unspecified atom stereocenters. The van der Waals surface area contributed by atoms with Gasteiger partial charge in [0.1, 0.15) is 0 Å². The Balaban J connectivity index is 1.70. The van der Waals surface area contributed by atoms with Gasteiger partial charge in [0.25, 0.3) is 0 Å². The molecule has 2 heterocycles. The van der Waals surface area contributed by atoms with E-state index in [1.807, 2.05) is 13.1 Å². The molecule has 1 amide bonds. The molecule has 4 nitrogen and oxygen atoms in total. The fourth-order valence-corrected chi connectivity index (χ4v) is 2.43. The molecule has 4 heteroatoms. The monoisotopic (exact) mass is 250 g/mol. The third kappa shape index (κ3) is 3.88. The zero-order chi connectivity index (χ0) is 12.8. The smallest absolute Gasteiger partial charge is 0.222 e. The van der Waals surface area contributed by atoms with Gasteiger partial charge >= 0.3 is 0 Å². The SMILES string of the molecule is CN(Cc1ccoc1)C(=O)CCC1CCCNC1. The maximum atomic E-state index is 12.0. The number of carbonyl (C=O) groups is 1. The van der Waals surface area contributed by atoms with Gasteiger partial charge in [0.15, 0.2) is 0 Å². The Hall–Kier alpha value is -1.29. The van der Waals surface area contributed by atoms with Gasteiger partial charge in [-0.2, -0.15) is 0 Å². The van der Waals surface area contributed by atoms with Crippen LogP contribution in [0.3, 0.4) is 0 Å². The molecule has 2 rings (SSSR count). The fraction of sp³-hybridized carbons (Fsp3) is 0.643. The van der Waals surface area contributed by atoms with E-state index in [2.05, 4.69) is 5.32 Å². The lowest BCUT2D eigenvalue weighted by Crippen LogP contribution is -2.31. The van der Waals surface area contributed by atoms with Crippen molar-refractivity contribution in [2.24, 2.45) is 5.92 Å². The Morgan fingerprint density at radius 2 is 2.50 bits per heavy atom. The first-order chi connectivity index (χ1) is 8.75. The lowest BCUT2D eigenvalue weighted by atomic mass is 9.94. The van der Waals surface area contributed by atoms with E-state index in [4.69, 9.17) is 4.42 Å². The zero-order valence-electron chi connectivity index (χ0n) is 11.0. The van der Waals surface area contributed by atoms with E-state index in [-0.39, 0.29) is 5.91 Å². The average Bonchev–Trinajstić information content (AvgIpc) is 2.90. The van der Waals surface area contributed by atoms with E-state index < -0.39 is 0 Å². The van der Waals surface area contributed by atoms with Crippen LogP contribution < -0.4 is 5.32 Å². The van der Waals surface area contributed by atoms with Crippen LogP contribution in [-0.2, 0) is 11.3 Å². The molecule has 1 fully saturated rings. The first-order valence-electron chi connectivity index (χ1n) is 6.71. The second-order valence-corrected chi connectivity index (χ2v) is 5.13. The van der Waals surface area contributed by atoms with Crippen LogP contribution in [0, 0.1) is 5.92 Å². The first kappa shape index (κ1) is 13.1. The molecule has 18 heavy (non-hydrogen) atoms. The van der Waals surface area contributed by atoms with Crippen molar-refractivity contribution in [1.82, 2.24) is 10.2 Å². The van der Waals surface area contributed by atoms with E-state index in [1.165, 1.54) is 12.8 Å². The summed E-state index contributed by atoms with van der Waals surface area (Å²) in [4.78, 5) is 13.8. The summed E-state index contributed by atoms with van der Waals surface area (Å²) in [5.41, 5.74) is 1.05. The predicted molar refractivity (Wildman–Crippen MR) is 70.0 cm³/mol. The van der Waals surface area contributed by atoms with Crippen LogP contribution in [0.4, 0.5) is 0 Å². The largest absolute Gasteiger partial charge is 0.472 e. The lowest BCUT2D eigenvalue weighted by molar-refractivity contribution is -0.130. The highest BCUT2D eigenvalue weighted by Crippen LogP contribution is 2.16. The number of rotatable bonds is 5. The van der Waals surface area contributed by atoms with Gasteiger partial charge in [-0.25, -0.2) is 0 Å². The standard InChI is InChI=1S/C14H22N2O2/c1-16(10-13-6-8-18-11-13)14(17)5-4-12-3-2-7-15-9-12/h6,8,11-12,15H,2-5,7,9-10H2,1H3. The molecular formula is C14H22N2O2. The maximum absolute atomic E-state index is 12.0. The fourth-order valence-electron chi connectivity index (χ4n) is 2.43. The summed E-state index contributed by atoms with van der Waals surface area (Å²) in [7, 11) is 1.86. The van der Waals surface area contributed by atoms with Gasteiger partial charge in [0, 0.05) is 25.6 Å². The minimum absolute atomic E-state index is 0.224. The summed E-state index contributed by atoms with van der Waals surface area (Å²) < 4.78 is 5.00. The van der Waals surface area contributed by atoms with Crippen molar-refractivity contribution >= 4 is 5.91 Å². The van der Waals surface area contributed by atoms with Gasteiger partial charge in [-0.05, 0) is 44.3 Å². The number of nitrogens with zero attached hydrogens (tertiary/aromatic N) is 1. The molecule has 1 aromatic heterocycles. The van der Waals surface area contributed by atoms with Gasteiger partial charge in [-0.15, -0.1) is 0 Å². The normalized spacial score (nSPS) is 19.7. The van der Waals surface area contributed by atoms with Crippen LogP contribution in [0.25, 0.3) is 0 Å². The first-order valence-corrected chi connectivity index (χ1v) is 6.71. The van der Waals surface area contributed by atoms with Gasteiger partial charge in [-0.1, -0.05) is 0 Å². The summed E-state index contributed by atoms with van der Waals surface area (Å²) in [5.74, 6) is 0.895. The molecule has 1 aliphatic heterocycles. The minimum Gasteiger partial charge on any atom is -0.472 e. The van der Waals surface area contributed by atoms with E-state index in [0.29, 0.717) is 18.9 Å². The molecule has 100 valence electrons. The number of piperidine rings is 1. The molecule has 0 spiro atoms. The lowest BCUT2D eigenvalue weighted by Gasteiger charge is -2.23. The Labute approximate surface area is 108 Å². The van der Waals surface area contributed by atoms with E-state index in [0.717, 1.165) is 25.1 Å². The second kappa shape index (κ2) is 6.59. The summed E-state index contributed by atoms with van der Waals surface area (Å²) in [6.07, 6.45) is 7.48. The Morgan fingerprint density at radius 3 is 3.17 bits per heavy atom. The summed E-state index contributed by atoms with van der Waals surface area (Å²) in [6.45, 7) is 2.84. The molecule has 1 aliphatic rings. The molecule has 1 N–H and O–H groups in total. The van der Waals surface area contributed by atoms with E-state index >= 15 is 0 Å². The minimum atomic E-state index is 0.224. The number of hydrogen-bond acceptors (Lipinski definition) is 3. The van der Waals surface area contributed by atoms with Crippen LogP contribution in [-0.4, -0.2) is 30.9 Å². The van der Waals surface area contributed by atoms with Crippen molar-refractivity contribution in [3.8, 4) is 0 Å². The van der Waals surface area contributed by atoms with Gasteiger partial charge < -0.3 is 14.6 Å². The van der Waals surface area contributed by atoms with Crippen LogP contribution in [0.5, 0.6) is 0 Å². The highest BCUT2D eigenvalue weighted by atomic mass is 16.3. The predicted octanol–water partition coefficient (Wildman–Crippen LogP) is 2.02. The van der Waals surface area contributed by atoms with E-state index in [9.17, 15) is 4.79 Å². The summed E-state index contributed by atoms with van der Waals surface area (Å²) >= 11 is 0. The van der Waals surface area contributed by atoms with Crippen LogP contribution in [0.15, 0.2) is 23.0 Å². The van der Waals surface area contributed by atoms with Crippen molar-refractivity contribution < 1.29 is 9.21 Å². The highest BCUT2D eigenvalue weighted by Gasteiger charge is 2.16. The van der Waals surface area contributed by atoms with E-state index in [1.54, 1.807) is 17.4 Å².